The van der Waals surface area contributed by atoms with Gasteiger partial charge < -0.3 is 5.11 Å². The van der Waals surface area contributed by atoms with Crippen LogP contribution < -0.4 is 0 Å². The second-order valence-electron chi connectivity index (χ2n) is 6.96. The quantitative estimate of drug-likeness (QED) is 0.674. The first-order valence-corrected chi connectivity index (χ1v) is 9.30. The Labute approximate surface area is 156 Å². The molecule has 4 rings (SSSR count). The van der Waals surface area contributed by atoms with E-state index in [2.05, 4.69) is 13.8 Å². The van der Waals surface area contributed by atoms with E-state index in [0.717, 1.165) is 36.3 Å². The van der Waals surface area contributed by atoms with Gasteiger partial charge >= 0.3 is 5.97 Å². The van der Waals surface area contributed by atoms with Gasteiger partial charge in [0.15, 0.2) is 5.65 Å². The summed E-state index contributed by atoms with van der Waals surface area (Å²) in [4.78, 5) is 16.8. The molecule has 5 nitrogen and oxygen atoms in total. The van der Waals surface area contributed by atoms with E-state index in [9.17, 15) is 9.90 Å². The number of pyridine rings is 1. The van der Waals surface area contributed by atoms with E-state index in [-0.39, 0.29) is 5.92 Å². The minimum atomic E-state index is -0.931. The van der Waals surface area contributed by atoms with E-state index in [1.165, 1.54) is 0 Å². The first-order chi connectivity index (χ1) is 12.5. The lowest BCUT2D eigenvalue weighted by Gasteiger charge is -2.08. The molecule has 2 heterocycles. The number of hydrogen-bond acceptors (Lipinski definition) is 3. The molecule has 1 aliphatic rings. The van der Waals surface area contributed by atoms with Crippen LogP contribution in [0.1, 0.15) is 66.7 Å². The van der Waals surface area contributed by atoms with Gasteiger partial charge in [-0.3, -0.25) is 0 Å². The van der Waals surface area contributed by atoms with Crippen molar-refractivity contribution < 1.29 is 9.90 Å². The van der Waals surface area contributed by atoms with Crippen LogP contribution in [0.5, 0.6) is 0 Å². The Balaban J connectivity index is 2.04. The molecule has 0 radical (unpaired) electrons. The Morgan fingerprint density at radius 3 is 2.62 bits per heavy atom. The predicted octanol–water partition coefficient (Wildman–Crippen LogP) is 5.16. The summed E-state index contributed by atoms with van der Waals surface area (Å²) in [6.07, 6.45) is 2.99. The maximum Gasteiger partial charge on any atom is 0.336 e. The summed E-state index contributed by atoms with van der Waals surface area (Å²) in [5, 5.41) is 15.9. The molecule has 1 fully saturated rings. The second-order valence-corrected chi connectivity index (χ2v) is 7.39. The minimum Gasteiger partial charge on any atom is -0.478 e. The highest BCUT2D eigenvalue weighted by atomic mass is 35.5. The molecule has 0 spiro atoms. The lowest BCUT2D eigenvalue weighted by molar-refractivity contribution is 0.0698. The van der Waals surface area contributed by atoms with Crippen LogP contribution in [0.3, 0.4) is 0 Å². The molecule has 1 saturated carbocycles. The van der Waals surface area contributed by atoms with Crippen LogP contribution in [0, 0.1) is 0 Å². The Kier molecular flexibility index (Phi) is 4.19. The van der Waals surface area contributed by atoms with Crippen LogP contribution in [0.2, 0.25) is 5.02 Å². The van der Waals surface area contributed by atoms with Gasteiger partial charge in [-0.1, -0.05) is 25.4 Å². The van der Waals surface area contributed by atoms with Crippen molar-refractivity contribution in [3.05, 3.63) is 52.3 Å². The first-order valence-electron chi connectivity index (χ1n) is 8.92. The summed E-state index contributed by atoms with van der Waals surface area (Å²) in [5.74, 6) is -0.435. The average molecular weight is 370 g/mol. The van der Waals surface area contributed by atoms with E-state index >= 15 is 0 Å². The van der Waals surface area contributed by atoms with E-state index in [4.69, 9.17) is 21.7 Å². The fourth-order valence-corrected chi connectivity index (χ4v) is 3.35. The summed E-state index contributed by atoms with van der Waals surface area (Å²) in [6.45, 7) is 4.14. The average Bonchev–Trinajstić information content (AvgIpc) is 3.42. The zero-order chi connectivity index (χ0) is 18.4. The summed E-state index contributed by atoms with van der Waals surface area (Å²) in [5.41, 5.74) is 3.37. The van der Waals surface area contributed by atoms with Gasteiger partial charge in [-0.05, 0) is 49.6 Å². The van der Waals surface area contributed by atoms with Crippen molar-refractivity contribution in [2.75, 3.05) is 0 Å². The molecule has 134 valence electrons. The number of carboxylic acid groups (broad SMARTS) is 1. The maximum atomic E-state index is 12.0. The SMILES string of the molecule is CCC(C)c1nn(-c2ccc(Cl)cc2)c2nc(C3CC3)cc(C(=O)O)c12. The summed E-state index contributed by atoms with van der Waals surface area (Å²) in [6, 6.07) is 9.09. The number of carboxylic acids is 1. The molecule has 1 N–H and O–H groups in total. The van der Waals surface area contributed by atoms with Gasteiger partial charge in [0.05, 0.1) is 22.3 Å². The maximum absolute atomic E-state index is 12.0. The van der Waals surface area contributed by atoms with Crippen molar-refractivity contribution >= 4 is 28.6 Å². The van der Waals surface area contributed by atoms with Crippen molar-refractivity contribution in [1.82, 2.24) is 14.8 Å². The molecule has 1 atom stereocenters. The molecular formula is C20H20ClN3O2. The molecule has 0 aliphatic heterocycles. The van der Waals surface area contributed by atoms with Gasteiger partial charge in [0.1, 0.15) is 0 Å². The lowest BCUT2D eigenvalue weighted by Crippen LogP contribution is -2.04. The molecular weight excluding hydrogens is 350 g/mol. The van der Waals surface area contributed by atoms with Crippen LogP contribution in [0.4, 0.5) is 0 Å². The Morgan fingerprint density at radius 1 is 1.35 bits per heavy atom. The van der Waals surface area contributed by atoms with Crippen LogP contribution >= 0.6 is 11.6 Å². The van der Waals surface area contributed by atoms with Crippen LogP contribution in [0.25, 0.3) is 16.7 Å². The summed E-state index contributed by atoms with van der Waals surface area (Å²) < 4.78 is 1.76. The van der Waals surface area contributed by atoms with Crippen molar-refractivity contribution in [1.29, 1.82) is 0 Å². The van der Waals surface area contributed by atoms with Crippen molar-refractivity contribution in [3.63, 3.8) is 0 Å². The number of carbonyl (C=O) groups is 1. The third-order valence-electron chi connectivity index (χ3n) is 5.06. The fourth-order valence-electron chi connectivity index (χ4n) is 3.22. The smallest absolute Gasteiger partial charge is 0.336 e. The van der Waals surface area contributed by atoms with Crippen molar-refractivity contribution in [2.24, 2.45) is 0 Å². The molecule has 3 aromatic rings. The number of halogens is 1. The monoisotopic (exact) mass is 369 g/mol. The number of aromatic nitrogens is 3. The molecule has 26 heavy (non-hydrogen) atoms. The lowest BCUT2D eigenvalue weighted by atomic mass is 9.99. The number of fused-ring (bicyclic) bond motifs is 1. The van der Waals surface area contributed by atoms with Crippen LogP contribution in [0.15, 0.2) is 30.3 Å². The Morgan fingerprint density at radius 2 is 2.04 bits per heavy atom. The third-order valence-corrected chi connectivity index (χ3v) is 5.31. The summed E-state index contributed by atoms with van der Waals surface area (Å²) in [7, 11) is 0. The second kappa shape index (κ2) is 6.40. The highest BCUT2D eigenvalue weighted by Crippen LogP contribution is 2.41. The van der Waals surface area contributed by atoms with Gasteiger partial charge in [-0.25, -0.2) is 14.5 Å². The normalized spacial score (nSPS) is 15.3. The first kappa shape index (κ1) is 17.0. The van der Waals surface area contributed by atoms with Crippen LogP contribution in [-0.4, -0.2) is 25.8 Å². The molecule has 0 amide bonds. The van der Waals surface area contributed by atoms with Crippen molar-refractivity contribution in [2.45, 2.75) is 44.9 Å². The Bertz CT molecular complexity index is 990. The number of aromatic carboxylic acids is 1. The number of benzene rings is 1. The molecule has 1 unspecified atom stereocenters. The third kappa shape index (κ3) is 2.86. The zero-order valence-electron chi connectivity index (χ0n) is 14.7. The largest absolute Gasteiger partial charge is 0.478 e. The van der Waals surface area contributed by atoms with Gasteiger partial charge in [0, 0.05) is 22.6 Å². The minimum absolute atomic E-state index is 0.137. The molecule has 2 aromatic heterocycles. The van der Waals surface area contributed by atoms with E-state index < -0.39 is 5.97 Å². The van der Waals surface area contributed by atoms with E-state index in [1.54, 1.807) is 22.9 Å². The molecule has 0 saturated heterocycles. The highest BCUT2D eigenvalue weighted by molar-refractivity contribution is 6.30. The number of rotatable bonds is 5. The van der Waals surface area contributed by atoms with E-state index in [0.29, 0.717) is 27.5 Å². The van der Waals surface area contributed by atoms with Gasteiger partial charge in [0.2, 0.25) is 0 Å². The molecule has 1 aliphatic carbocycles. The van der Waals surface area contributed by atoms with Crippen LogP contribution in [-0.2, 0) is 0 Å². The Hall–Kier alpha value is -2.40. The van der Waals surface area contributed by atoms with Gasteiger partial charge in [0.25, 0.3) is 0 Å². The molecule has 1 aromatic carbocycles. The fraction of sp³-hybridized carbons (Fsp3) is 0.350. The number of nitrogens with zero attached hydrogens (tertiary/aromatic N) is 3. The molecule has 6 heteroatoms. The van der Waals surface area contributed by atoms with E-state index in [1.807, 2.05) is 12.1 Å². The standard InChI is InChI=1S/C20H20ClN3O2/c1-3-11(2)18-17-15(20(25)26)10-16(12-4-5-12)22-19(17)24(23-18)14-8-6-13(21)7-9-14/h6-12H,3-5H2,1-2H3,(H,25,26). The van der Waals surface area contributed by atoms with Gasteiger partial charge in [-0.15, -0.1) is 0 Å². The highest BCUT2D eigenvalue weighted by Gasteiger charge is 2.30. The summed E-state index contributed by atoms with van der Waals surface area (Å²) >= 11 is 6.01. The zero-order valence-corrected chi connectivity index (χ0v) is 15.5. The predicted molar refractivity (Wildman–Crippen MR) is 102 cm³/mol. The molecule has 0 bridgehead atoms. The number of hydrogen-bond donors (Lipinski definition) is 1. The topological polar surface area (TPSA) is 68.0 Å². The van der Waals surface area contributed by atoms with Crippen molar-refractivity contribution in [3.8, 4) is 5.69 Å². The van der Waals surface area contributed by atoms with Gasteiger partial charge in [-0.2, -0.15) is 5.10 Å².